The second-order valence-electron chi connectivity index (χ2n) is 6.34. The van der Waals surface area contributed by atoms with E-state index in [9.17, 15) is 19.2 Å². The Balaban J connectivity index is 1.96. The zero-order chi connectivity index (χ0) is 20.0. The van der Waals surface area contributed by atoms with Gasteiger partial charge in [0.15, 0.2) is 0 Å². The lowest BCUT2D eigenvalue weighted by Crippen LogP contribution is -2.33. The molecule has 8 nitrogen and oxygen atoms in total. The van der Waals surface area contributed by atoms with Crippen molar-refractivity contribution in [2.24, 2.45) is 5.73 Å². The predicted octanol–water partition coefficient (Wildman–Crippen LogP) is 0.643. The Morgan fingerprint density at radius 3 is 2.22 bits per heavy atom. The van der Waals surface area contributed by atoms with Gasteiger partial charge in [-0.2, -0.15) is 0 Å². The number of nitrogens with two attached hydrogens (primary N) is 1. The first-order valence-electron chi connectivity index (χ1n) is 8.44. The fourth-order valence-corrected chi connectivity index (χ4v) is 2.33. The molecule has 2 rings (SSSR count). The van der Waals surface area contributed by atoms with Crippen molar-refractivity contribution in [3.05, 3.63) is 69.1 Å². The normalized spacial score (nSPS) is 10.5. The van der Waals surface area contributed by atoms with E-state index in [1.165, 1.54) is 6.07 Å². The molecule has 0 atom stereocenters. The second-order valence-corrected chi connectivity index (χ2v) is 6.34. The van der Waals surface area contributed by atoms with Crippen LogP contribution in [0.15, 0.2) is 41.2 Å². The van der Waals surface area contributed by atoms with Crippen molar-refractivity contribution in [2.75, 3.05) is 6.54 Å². The smallest absolute Gasteiger partial charge is 0.261 e. The van der Waals surface area contributed by atoms with E-state index in [0.717, 1.165) is 11.3 Å². The van der Waals surface area contributed by atoms with E-state index in [4.69, 9.17) is 5.73 Å². The van der Waals surface area contributed by atoms with Crippen molar-refractivity contribution >= 4 is 17.7 Å². The summed E-state index contributed by atoms with van der Waals surface area (Å²) >= 11 is 0. The summed E-state index contributed by atoms with van der Waals surface area (Å²) in [7, 11) is 0. The van der Waals surface area contributed by atoms with Crippen molar-refractivity contribution in [2.45, 2.75) is 26.3 Å². The summed E-state index contributed by atoms with van der Waals surface area (Å²) in [4.78, 5) is 49.4. The zero-order valence-electron chi connectivity index (χ0n) is 15.2. The van der Waals surface area contributed by atoms with Crippen molar-refractivity contribution < 1.29 is 14.4 Å². The van der Waals surface area contributed by atoms with Gasteiger partial charge in [0.05, 0.1) is 6.54 Å². The van der Waals surface area contributed by atoms with Crippen LogP contribution in [0.3, 0.4) is 0 Å². The number of hydrogen-bond donors (Lipinski definition) is 4. The van der Waals surface area contributed by atoms with Gasteiger partial charge in [-0.25, -0.2) is 0 Å². The van der Waals surface area contributed by atoms with Crippen molar-refractivity contribution in [1.29, 1.82) is 0 Å². The molecule has 142 valence electrons. The highest BCUT2D eigenvalue weighted by molar-refractivity contribution is 5.96. The molecule has 0 aliphatic heterocycles. The minimum Gasteiger partial charge on any atom is -0.368 e. The molecule has 0 radical (unpaired) electrons. The first kappa shape index (κ1) is 19.9. The molecular formula is C19H22N4O4. The van der Waals surface area contributed by atoms with Gasteiger partial charge in [0.25, 0.3) is 17.4 Å². The van der Waals surface area contributed by atoms with Crippen LogP contribution in [-0.2, 0) is 11.3 Å². The van der Waals surface area contributed by atoms with Gasteiger partial charge in [0.1, 0.15) is 5.56 Å². The van der Waals surface area contributed by atoms with E-state index in [1.54, 1.807) is 30.3 Å². The van der Waals surface area contributed by atoms with Gasteiger partial charge < -0.3 is 21.4 Å². The lowest BCUT2D eigenvalue weighted by Gasteiger charge is -2.08. The Hall–Kier alpha value is -3.42. The van der Waals surface area contributed by atoms with E-state index in [0.29, 0.717) is 5.56 Å². The molecule has 5 N–H and O–H groups in total. The van der Waals surface area contributed by atoms with Gasteiger partial charge in [-0.1, -0.05) is 26.0 Å². The summed E-state index contributed by atoms with van der Waals surface area (Å²) in [6.45, 7) is 3.86. The van der Waals surface area contributed by atoms with Crippen LogP contribution in [-0.4, -0.2) is 29.3 Å². The Labute approximate surface area is 156 Å². The van der Waals surface area contributed by atoms with E-state index in [1.807, 2.05) is 13.8 Å². The number of amides is 3. The molecular weight excluding hydrogens is 348 g/mol. The van der Waals surface area contributed by atoms with Gasteiger partial charge in [-0.15, -0.1) is 0 Å². The summed E-state index contributed by atoms with van der Waals surface area (Å²) < 4.78 is 0. The molecule has 1 heterocycles. The van der Waals surface area contributed by atoms with Crippen LogP contribution in [0, 0.1) is 0 Å². The molecule has 0 bridgehead atoms. The minimum atomic E-state index is -0.626. The highest BCUT2D eigenvalue weighted by Gasteiger charge is 2.12. The average molecular weight is 370 g/mol. The number of pyridine rings is 1. The maximum Gasteiger partial charge on any atom is 0.261 e. The van der Waals surface area contributed by atoms with Gasteiger partial charge in [-0.05, 0) is 35.7 Å². The third-order valence-corrected chi connectivity index (χ3v) is 3.89. The Kier molecular flexibility index (Phi) is 6.48. The lowest BCUT2D eigenvalue weighted by atomic mass is 10.1. The molecule has 0 saturated heterocycles. The molecule has 1 aromatic carbocycles. The highest BCUT2D eigenvalue weighted by atomic mass is 16.2. The largest absolute Gasteiger partial charge is 0.368 e. The molecule has 27 heavy (non-hydrogen) atoms. The fourth-order valence-electron chi connectivity index (χ4n) is 2.33. The van der Waals surface area contributed by atoms with Gasteiger partial charge in [0, 0.05) is 17.8 Å². The van der Waals surface area contributed by atoms with Crippen molar-refractivity contribution in [3.63, 3.8) is 0 Å². The summed E-state index contributed by atoms with van der Waals surface area (Å²) in [5.74, 6) is -1.36. The molecule has 1 aromatic heterocycles. The first-order valence-corrected chi connectivity index (χ1v) is 8.44. The molecule has 8 heteroatoms. The third kappa shape index (κ3) is 5.53. The van der Waals surface area contributed by atoms with Crippen LogP contribution in [0.4, 0.5) is 0 Å². The first-order chi connectivity index (χ1) is 12.8. The Bertz CT molecular complexity index is 901. The minimum absolute atomic E-state index is 0.0434. The number of carbonyl (C=O) groups excluding carboxylic acids is 3. The fraction of sp³-hybridized carbons (Fsp3) is 0.263. The quantitative estimate of drug-likeness (QED) is 0.569. The molecule has 0 aliphatic carbocycles. The van der Waals surface area contributed by atoms with Crippen LogP contribution >= 0.6 is 0 Å². The van der Waals surface area contributed by atoms with E-state index < -0.39 is 23.3 Å². The van der Waals surface area contributed by atoms with Crippen LogP contribution in [0.25, 0.3) is 0 Å². The second kappa shape index (κ2) is 8.79. The zero-order valence-corrected chi connectivity index (χ0v) is 15.2. The lowest BCUT2D eigenvalue weighted by molar-refractivity contribution is -0.117. The number of primary amides is 1. The Morgan fingerprint density at radius 2 is 1.67 bits per heavy atom. The van der Waals surface area contributed by atoms with E-state index >= 15 is 0 Å². The predicted molar refractivity (Wildman–Crippen MR) is 100 cm³/mol. The SMILES string of the molecule is CC(C)c1ccc(C(=O)NCc2ccc(C(=O)NCC(N)=O)cc2)c(=O)[nH]1. The highest BCUT2D eigenvalue weighted by Crippen LogP contribution is 2.09. The summed E-state index contributed by atoms with van der Waals surface area (Å²) in [5.41, 5.74) is 6.47. The summed E-state index contributed by atoms with van der Waals surface area (Å²) in [6, 6.07) is 9.72. The molecule has 0 fully saturated rings. The molecule has 0 spiro atoms. The molecule has 0 unspecified atom stereocenters. The maximum absolute atomic E-state index is 12.2. The van der Waals surface area contributed by atoms with Crippen LogP contribution in [0.1, 0.15) is 51.7 Å². The van der Waals surface area contributed by atoms with Crippen LogP contribution in [0.2, 0.25) is 0 Å². The maximum atomic E-state index is 12.2. The summed E-state index contributed by atoms with van der Waals surface area (Å²) in [5, 5.41) is 5.06. The topological polar surface area (TPSA) is 134 Å². The number of carbonyl (C=O) groups is 3. The van der Waals surface area contributed by atoms with E-state index in [-0.39, 0.29) is 24.6 Å². The number of H-pyrrole nitrogens is 1. The number of aromatic amines is 1. The molecule has 0 saturated carbocycles. The summed E-state index contributed by atoms with van der Waals surface area (Å²) in [6.07, 6.45) is 0. The van der Waals surface area contributed by atoms with Crippen LogP contribution in [0.5, 0.6) is 0 Å². The molecule has 2 aromatic rings. The van der Waals surface area contributed by atoms with Crippen molar-refractivity contribution in [1.82, 2.24) is 15.6 Å². The van der Waals surface area contributed by atoms with Crippen molar-refractivity contribution in [3.8, 4) is 0 Å². The number of hydrogen-bond acceptors (Lipinski definition) is 4. The molecule has 0 aliphatic rings. The number of aromatic nitrogens is 1. The number of nitrogens with one attached hydrogen (secondary N) is 3. The van der Waals surface area contributed by atoms with Gasteiger partial charge in [-0.3, -0.25) is 19.2 Å². The molecule has 3 amide bonds. The van der Waals surface area contributed by atoms with E-state index in [2.05, 4.69) is 15.6 Å². The monoisotopic (exact) mass is 370 g/mol. The van der Waals surface area contributed by atoms with Gasteiger partial charge in [0.2, 0.25) is 5.91 Å². The Morgan fingerprint density at radius 1 is 1.00 bits per heavy atom. The third-order valence-electron chi connectivity index (χ3n) is 3.89. The number of rotatable bonds is 7. The van der Waals surface area contributed by atoms with Gasteiger partial charge >= 0.3 is 0 Å². The standard InChI is InChI=1S/C19H22N4O4/c1-11(2)15-8-7-14(19(27)23-15)18(26)21-9-12-3-5-13(6-4-12)17(25)22-10-16(20)24/h3-8,11H,9-10H2,1-2H3,(H2,20,24)(H,21,26)(H,22,25)(H,23,27). The number of benzene rings is 1. The van der Waals surface area contributed by atoms with Crippen LogP contribution < -0.4 is 21.9 Å². The average Bonchev–Trinajstić information content (AvgIpc) is 2.64.